The third-order valence-electron chi connectivity index (χ3n) is 4.62. The van der Waals surface area contributed by atoms with Crippen molar-refractivity contribution in [2.45, 2.75) is 25.6 Å². The smallest absolute Gasteiger partial charge is 0.118 e. The first-order chi connectivity index (χ1) is 12.7. The summed E-state index contributed by atoms with van der Waals surface area (Å²) in [5.41, 5.74) is 4.46. The standard InChI is InChI=1S/C23H25NO2/c1-17(23(25)21-6-4-3-5-7-21)24-16-18-8-10-19(11-9-18)20-12-14-22(26-2)15-13-20/h3-15,17,23-25H,16H2,1-2H3/t17-,23-/m1/s1. The summed E-state index contributed by atoms with van der Waals surface area (Å²) in [5.74, 6) is 0.862. The SMILES string of the molecule is COc1ccc(-c2ccc(CN[C@H](C)[C@@H](O)c3ccccc3)cc2)cc1. The van der Waals surface area contributed by atoms with Crippen LogP contribution in [-0.4, -0.2) is 18.3 Å². The third-order valence-corrected chi connectivity index (χ3v) is 4.62. The van der Waals surface area contributed by atoms with Gasteiger partial charge in [-0.15, -0.1) is 0 Å². The largest absolute Gasteiger partial charge is 0.497 e. The van der Waals surface area contributed by atoms with Gasteiger partial charge in [-0.25, -0.2) is 0 Å². The van der Waals surface area contributed by atoms with Crippen LogP contribution in [0.15, 0.2) is 78.9 Å². The highest BCUT2D eigenvalue weighted by atomic mass is 16.5. The van der Waals surface area contributed by atoms with Crippen LogP contribution in [0, 0.1) is 0 Å². The Balaban J connectivity index is 1.58. The van der Waals surface area contributed by atoms with Gasteiger partial charge in [0.1, 0.15) is 5.75 Å². The molecule has 0 aliphatic carbocycles. The van der Waals surface area contributed by atoms with Crippen molar-refractivity contribution in [1.82, 2.24) is 5.32 Å². The van der Waals surface area contributed by atoms with Crippen molar-refractivity contribution in [3.63, 3.8) is 0 Å². The number of ether oxygens (including phenoxy) is 1. The van der Waals surface area contributed by atoms with Crippen LogP contribution >= 0.6 is 0 Å². The van der Waals surface area contributed by atoms with E-state index in [4.69, 9.17) is 4.74 Å². The molecule has 0 unspecified atom stereocenters. The Morgan fingerprint density at radius 2 is 1.42 bits per heavy atom. The predicted molar refractivity (Wildman–Crippen MR) is 106 cm³/mol. The molecule has 26 heavy (non-hydrogen) atoms. The van der Waals surface area contributed by atoms with Crippen LogP contribution in [-0.2, 0) is 6.54 Å². The van der Waals surface area contributed by atoms with Gasteiger partial charge in [-0.3, -0.25) is 0 Å². The van der Waals surface area contributed by atoms with Crippen molar-refractivity contribution in [3.8, 4) is 16.9 Å². The average molecular weight is 347 g/mol. The highest BCUT2D eigenvalue weighted by Crippen LogP contribution is 2.23. The fraction of sp³-hybridized carbons (Fsp3) is 0.217. The maximum Gasteiger partial charge on any atom is 0.118 e. The number of hydrogen-bond acceptors (Lipinski definition) is 3. The van der Waals surface area contributed by atoms with E-state index in [2.05, 4.69) is 41.7 Å². The molecule has 3 aromatic rings. The average Bonchev–Trinajstić information content (AvgIpc) is 2.72. The Morgan fingerprint density at radius 3 is 2.00 bits per heavy atom. The van der Waals surface area contributed by atoms with Crippen LogP contribution in [0.2, 0.25) is 0 Å². The minimum atomic E-state index is -0.519. The zero-order valence-electron chi connectivity index (χ0n) is 15.2. The van der Waals surface area contributed by atoms with Crippen molar-refractivity contribution in [2.24, 2.45) is 0 Å². The maximum atomic E-state index is 10.4. The summed E-state index contributed by atoms with van der Waals surface area (Å²) in [7, 11) is 1.67. The number of benzene rings is 3. The van der Waals surface area contributed by atoms with E-state index in [0.29, 0.717) is 6.54 Å². The topological polar surface area (TPSA) is 41.5 Å². The molecule has 0 spiro atoms. The summed E-state index contributed by atoms with van der Waals surface area (Å²) < 4.78 is 5.20. The molecule has 2 atom stereocenters. The summed E-state index contributed by atoms with van der Waals surface area (Å²) in [4.78, 5) is 0. The summed E-state index contributed by atoms with van der Waals surface area (Å²) in [6.45, 7) is 2.72. The monoisotopic (exact) mass is 347 g/mol. The van der Waals surface area contributed by atoms with Crippen LogP contribution in [0.1, 0.15) is 24.2 Å². The molecule has 2 N–H and O–H groups in total. The van der Waals surface area contributed by atoms with Crippen LogP contribution in [0.25, 0.3) is 11.1 Å². The Morgan fingerprint density at radius 1 is 0.846 bits per heavy atom. The minimum Gasteiger partial charge on any atom is -0.497 e. The van der Waals surface area contributed by atoms with E-state index in [1.54, 1.807) is 7.11 Å². The lowest BCUT2D eigenvalue weighted by Gasteiger charge is -2.20. The van der Waals surface area contributed by atoms with Crippen LogP contribution in [0.3, 0.4) is 0 Å². The van der Waals surface area contributed by atoms with E-state index in [0.717, 1.165) is 16.9 Å². The van der Waals surface area contributed by atoms with Crippen LogP contribution in [0.5, 0.6) is 5.75 Å². The highest BCUT2D eigenvalue weighted by Gasteiger charge is 2.15. The predicted octanol–water partition coefficient (Wildman–Crippen LogP) is 4.57. The molecule has 0 saturated carbocycles. The number of methoxy groups -OCH3 is 1. The molecule has 0 aliphatic rings. The first-order valence-corrected chi connectivity index (χ1v) is 8.87. The lowest BCUT2D eigenvalue weighted by Crippen LogP contribution is -2.31. The molecule has 0 bridgehead atoms. The molecule has 0 aliphatic heterocycles. The summed E-state index contributed by atoms with van der Waals surface area (Å²) in [6.07, 6.45) is -0.519. The van der Waals surface area contributed by atoms with Gasteiger partial charge in [0.05, 0.1) is 13.2 Å². The number of rotatable bonds is 7. The normalized spacial score (nSPS) is 13.2. The quantitative estimate of drug-likeness (QED) is 0.658. The Bertz CT molecular complexity index is 798. The second kappa shape index (κ2) is 8.65. The molecular formula is C23H25NO2. The second-order valence-electron chi connectivity index (χ2n) is 6.45. The molecule has 3 nitrogen and oxygen atoms in total. The van der Waals surface area contributed by atoms with Crippen molar-refractivity contribution in [2.75, 3.05) is 7.11 Å². The molecular weight excluding hydrogens is 322 g/mol. The van der Waals surface area contributed by atoms with Gasteiger partial charge in [0.2, 0.25) is 0 Å². The summed E-state index contributed by atoms with van der Waals surface area (Å²) in [5, 5.41) is 13.8. The molecule has 134 valence electrons. The lowest BCUT2D eigenvalue weighted by molar-refractivity contribution is 0.135. The summed E-state index contributed by atoms with van der Waals surface area (Å²) >= 11 is 0. The molecule has 0 fully saturated rings. The maximum absolute atomic E-state index is 10.4. The van der Waals surface area contributed by atoms with Gasteiger partial charge in [0.25, 0.3) is 0 Å². The van der Waals surface area contributed by atoms with E-state index in [1.165, 1.54) is 11.1 Å². The zero-order chi connectivity index (χ0) is 18.4. The third kappa shape index (κ3) is 4.51. The first kappa shape index (κ1) is 18.2. The number of nitrogens with one attached hydrogen (secondary N) is 1. The molecule has 3 aromatic carbocycles. The van der Waals surface area contributed by atoms with Gasteiger partial charge >= 0.3 is 0 Å². The fourth-order valence-electron chi connectivity index (χ4n) is 2.93. The van der Waals surface area contributed by atoms with Gasteiger partial charge < -0.3 is 15.2 Å². The van der Waals surface area contributed by atoms with Crippen LogP contribution < -0.4 is 10.1 Å². The Hall–Kier alpha value is -2.62. The van der Waals surface area contributed by atoms with E-state index in [-0.39, 0.29) is 6.04 Å². The minimum absolute atomic E-state index is 0.0290. The van der Waals surface area contributed by atoms with Gasteiger partial charge in [-0.2, -0.15) is 0 Å². The van der Waals surface area contributed by atoms with Crippen LogP contribution in [0.4, 0.5) is 0 Å². The number of aliphatic hydroxyl groups is 1. The molecule has 0 radical (unpaired) electrons. The van der Waals surface area contributed by atoms with E-state index >= 15 is 0 Å². The van der Waals surface area contributed by atoms with E-state index in [9.17, 15) is 5.11 Å². The molecule has 0 amide bonds. The lowest BCUT2D eigenvalue weighted by atomic mass is 10.0. The molecule has 0 aromatic heterocycles. The molecule has 0 saturated heterocycles. The van der Waals surface area contributed by atoms with Crippen molar-refractivity contribution >= 4 is 0 Å². The number of aliphatic hydroxyl groups excluding tert-OH is 1. The number of hydrogen-bond donors (Lipinski definition) is 2. The second-order valence-corrected chi connectivity index (χ2v) is 6.45. The van der Waals surface area contributed by atoms with E-state index < -0.39 is 6.10 Å². The first-order valence-electron chi connectivity index (χ1n) is 8.87. The zero-order valence-corrected chi connectivity index (χ0v) is 15.2. The molecule has 0 heterocycles. The fourth-order valence-corrected chi connectivity index (χ4v) is 2.93. The van der Waals surface area contributed by atoms with Gasteiger partial charge in [-0.1, -0.05) is 66.7 Å². The van der Waals surface area contributed by atoms with E-state index in [1.807, 2.05) is 49.4 Å². The van der Waals surface area contributed by atoms with Gasteiger partial charge in [-0.05, 0) is 41.3 Å². The van der Waals surface area contributed by atoms with Crippen molar-refractivity contribution in [1.29, 1.82) is 0 Å². The van der Waals surface area contributed by atoms with Gasteiger partial charge in [0, 0.05) is 12.6 Å². The Labute approximate surface area is 155 Å². The van der Waals surface area contributed by atoms with Gasteiger partial charge in [0.15, 0.2) is 0 Å². The Kier molecular flexibility index (Phi) is 6.05. The molecule has 3 rings (SSSR count). The van der Waals surface area contributed by atoms with Crippen molar-refractivity contribution < 1.29 is 9.84 Å². The summed E-state index contributed by atoms with van der Waals surface area (Å²) in [6, 6.07) is 26.3. The highest BCUT2D eigenvalue weighted by molar-refractivity contribution is 5.64. The van der Waals surface area contributed by atoms with Crippen molar-refractivity contribution in [3.05, 3.63) is 90.0 Å². The molecule has 3 heteroatoms.